The number of carboxylic acid groups (broad SMARTS) is 1. The molecule has 0 spiro atoms. The van der Waals surface area contributed by atoms with Gasteiger partial charge in [0.15, 0.2) is 0 Å². The van der Waals surface area contributed by atoms with Gasteiger partial charge in [-0.05, 0) is 17.8 Å². The number of carboxylic acids is 1. The quantitative estimate of drug-likeness (QED) is 0.753. The molecule has 17 heavy (non-hydrogen) atoms. The fourth-order valence-electron chi connectivity index (χ4n) is 1.53. The molecule has 0 aliphatic rings. The van der Waals surface area contributed by atoms with Crippen LogP contribution in [0.5, 0.6) is 0 Å². The summed E-state index contributed by atoms with van der Waals surface area (Å²) in [6.45, 7) is 10.4. The van der Waals surface area contributed by atoms with E-state index >= 15 is 0 Å². The first-order valence-electron chi connectivity index (χ1n) is 6.04. The van der Waals surface area contributed by atoms with E-state index in [1.54, 1.807) is 20.9 Å². The minimum Gasteiger partial charge on any atom is -0.481 e. The molecule has 0 saturated heterocycles. The van der Waals surface area contributed by atoms with Gasteiger partial charge in [0.1, 0.15) is 5.92 Å². The summed E-state index contributed by atoms with van der Waals surface area (Å²) in [5.41, 5.74) is 0.144. The third-order valence-electron chi connectivity index (χ3n) is 2.77. The molecule has 1 unspecified atom stereocenters. The first-order chi connectivity index (χ1) is 7.56. The van der Waals surface area contributed by atoms with Crippen molar-refractivity contribution in [3.63, 3.8) is 0 Å². The van der Waals surface area contributed by atoms with Crippen molar-refractivity contribution in [2.45, 2.75) is 41.0 Å². The molecule has 0 heterocycles. The first kappa shape index (κ1) is 15.9. The van der Waals surface area contributed by atoms with Crippen molar-refractivity contribution in [3.05, 3.63) is 0 Å². The van der Waals surface area contributed by atoms with Crippen LogP contribution >= 0.6 is 0 Å². The Balaban J connectivity index is 4.52. The van der Waals surface area contributed by atoms with E-state index in [9.17, 15) is 9.59 Å². The number of nitrogens with zero attached hydrogens (tertiary/aromatic N) is 1. The maximum atomic E-state index is 12.0. The molecule has 4 nitrogen and oxygen atoms in total. The minimum absolute atomic E-state index is 0.144. The van der Waals surface area contributed by atoms with Crippen LogP contribution in [0.4, 0.5) is 0 Å². The second kappa shape index (κ2) is 6.03. The minimum atomic E-state index is -1.03. The normalized spacial score (nSPS) is 13.6. The Morgan fingerprint density at radius 2 is 1.71 bits per heavy atom. The Hall–Kier alpha value is -1.06. The van der Waals surface area contributed by atoms with Gasteiger partial charge in [0.2, 0.25) is 5.91 Å². The van der Waals surface area contributed by atoms with Crippen LogP contribution in [0, 0.1) is 17.3 Å². The van der Waals surface area contributed by atoms with E-state index in [-0.39, 0.29) is 17.2 Å². The molecule has 100 valence electrons. The molecule has 0 aliphatic heterocycles. The van der Waals surface area contributed by atoms with E-state index in [2.05, 4.69) is 20.8 Å². The van der Waals surface area contributed by atoms with Gasteiger partial charge in [0.05, 0.1) is 0 Å². The van der Waals surface area contributed by atoms with Crippen LogP contribution in [0.25, 0.3) is 0 Å². The van der Waals surface area contributed by atoms with Gasteiger partial charge in [0.25, 0.3) is 0 Å². The van der Waals surface area contributed by atoms with Gasteiger partial charge in [0, 0.05) is 13.6 Å². The van der Waals surface area contributed by atoms with Gasteiger partial charge in [-0.15, -0.1) is 0 Å². The summed E-state index contributed by atoms with van der Waals surface area (Å²) in [7, 11) is 1.67. The standard InChI is InChI=1S/C13H25NO3/c1-9(2)10(12(16)17)11(15)14(6)8-7-13(3,4)5/h9-10H,7-8H2,1-6H3,(H,16,17). The van der Waals surface area contributed by atoms with Crippen LogP contribution in [0.3, 0.4) is 0 Å². The average molecular weight is 243 g/mol. The zero-order valence-corrected chi connectivity index (χ0v) is 11.8. The van der Waals surface area contributed by atoms with Crippen molar-refractivity contribution in [1.82, 2.24) is 4.90 Å². The Kier molecular flexibility index (Phi) is 5.66. The molecule has 0 fully saturated rings. The van der Waals surface area contributed by atoms with Crippen molar-refractivity contribution in [3.8, 4) is 0 Å². The molecule has 4 heteroatoms. The van der Waals surface area contributed by atoms with Gasteiger partial charge in [-0.25, -0.2) is 0 Å². The summed E-state index contributed by atoms with van der Waals surface area (Å²) in [4.78, 5) is 24.6. The van der Waals surface area contributed by atoms with E-state index in [0.29, 0.717) is 6.54 Å². The fraction of sp³-hybridized carbons (Fsp3) is 0.846. The van der Waals surface area contributed by atoms with Gasteiger partial charge in [-0.1, -0.05) is 34.6 Å². The molecule has 0 rings (SSSR count). The smallest absolute Gasteiger partial charge is 0.316 e. The summed E-state index contributed by atoms with van der Waals surface area (Å²) in [6.07, 6.45) is 0.861. The molecule has 0 saturated carbocycles. The van der Waals surface area contributed by atoms with Crippen molar-refractivity contribution in [1.29, 1.82) is 0 Å². The maximum absolute atomic E-state index is 12.0. The highest BCUT2D eigenvalue weighted by atomic mass is 16.4. The van der Waals surface area contributed by atoms with Gasteiger partial charge < -0.3 is 10.0 Å². The lowest BCUT2D eigenvalue weighted by molar-refractivity contribution is -0.152. The van der Waals surface area contributed by atoms with E-state index in [1.165, 1.54) is 4.90 Å². The number of carbonyl (C=O) groups is 2. The summed E-state index contributed by atoms with van der Waals surface area (Å²) in [6, 6.07) is 0. The molecule has 0 aromatic rings. The van der Waals surface area contributed by atoms with Crippen LogP contribution in [-0.2, 0) is 9.59 Å². The lowest BCUT2D eigenvalue weighted by Crippen LogP contribution is -2.40. The summed E-state index contributed by atoms with van der Waals surface area (Å²) in [5, 5.41) is 9.04. The molecule has 0 bridgehead atoms. The molecular formula is C13H25NO3. The van der Waals surface area contributed by atoms with Crippen molar-refractivity contribution in [2.75, 3.05) is 13.6 Å². The van der Waals surface area contributed by atoms with Crippen LogP contribution in [0.2, 0.25) is 0 Å². The predicted molar refractivity (Wildman–Crippen MR) is 67.7 cm³/mol. The van der Waals surface area contributed by atoms with Crippen LogP contribution in [-0.4, -0.2) is 35.5 Å². The van der Waals surface area contributed by atoms with E-state index in [4.69, 9.17) is 5.11 Å². The molecule has 0 radical (unpaired) electrons. The van der Waals surface area contributed by atoms with Crippen LogP contribution in [0.1, 0.15) is 41.0 Å². The molecule has 0 aromatic heterocycles. The van der Waals surface area contributed by atoms with Crippen molar-refractivity contribution in [2.24, 2.45) is 17.3 Å². The number of hydrogen-bond donors (Lipinski definition) is 1. The number of hydrogen-bond acceptors (Lipinski definition) is 2. The van der Waals surface area contributed by atoms with Gasteiger partial charge >= 0.3 is 5.97 Å². The molecule has 1 amide bonds. The Morgan fingerprint density at radius 1 is 1.24 bits per heavy atom. The molecule has 1 N–H and O–H groups in total. The topological polar surface area (TPSA) is 57.6 Å². The van der Waals surface area contributed by atoms with Crippen molar-refractivity contribution >= 4 is 11.9 Å². The monoisotopic (exact) mass is 243 g/mol. The van der Waals surface area contributed by atoms with Gasteiger partial charge in [-0.2, -0.15) is 0 Å². The first-order valence-corrected chi connectivity index (χ1v) is 6.04. The molecule has 0 aromatic carbocycles. The van der Waals surface area contributed by atoms with E-state index < -0.39 is 11.9 Å². The Bertz CT molecular complexity index is 279. The summed E-state index contributed by atoms with van der Waals surface area (Å²) < 4.78 is 0. The number of amides is 1. The second-order valence-corrected chi connectivity index (χ2v) is 6.13. The predicted octanol–water partition coefficient (Wildman–Crippen LogP) is 2.24. The average Bonchev–Trinajstić information content (AvgIpc) is 2.11. The van der Waals surface area contributed by atoms with E-state index in [0.717, 1.165) is 6.42 Å². The van der Waals surface area contributed by atoms with Crippen molar-refractivity contribution < 1.29 is 14.7 Å². The number of rotatable bonds is 5. The van der Waals surface area contributed by atoms with Crippen LogP contribution < -0.4 is 0 Å². The Morgan fingerprint density at radius 3 is 2.00 bits per heavy atom. The van der Waals surface area contributed by atoms with E-state index in [1.807, 2.05) is 0 Å². The molecular weight excluding hydrogens is 218 g/mol. The summed E-state index contributed by atoms with van der Waals surface area (Å²) >= 11 is 0. The molecule has 0 aliphatic carbocycles. The van der Waals surface area contributed by atoms with Gasteiger partial charge in [-0.3, -0.25) is 9.59 Å². The third-order valence-corrected chi connectivity index (χ3v) is 2.77. The number of aliphatic carboxylic acids is 1. The largest absolute Gasteiger partial charge is 0.481 e. The SMILES string of the molecule is CC(C)C(C(=O)O)C(=O)N(C)CCC(C)(C)C. The third kappa shape index (κ3) is 5.71. The fourth-order valence-corrected chi connectivity index (χ4v) is 1.53. The summed E-state index contributed by atoms with van der Waals surface area (Å²) in [5.74, 6) is -2.44. The zero-order chi connectivity index (χ0) is 13.8. The second-order valence-electron chi connectivity index (χ2n) is 6.13. The lowest BCUT2D eigenvalue weighted by Gasteiger charge is -2.26. The van der Waals surface area contributed by atoms with Crippen LogP contribution in [0.15, 0.2) is 0 Å². The lowest BCUT2D eigenvalue weighted by atomic mass is 9.91. The maximum Gasteiger partial charge on any atom is 0.316 e. The highest BCUT2D eigenvalue weighted by Gasteiger charge is 2.32. The Labute approximate surface area is 104 Å². The number of carbonyl (C=O) groups excluding carboxylic acids is 1. The molecule has 1 atom stereocenters. The highest BCUT2D eigenvalue weighted by molar-refractivity contribution is 5.97. The zero-order valence-electron chi connectivity index (χ0n) is 11.8. The highest BCUT2D eigenvalue weighted by Crippen LogP contribution is 2.20.